The SMILES string of the molecule is NCc1cc(Cn2ccc(=O)c3ccccc32)ccc1F. The highest BCUT2D eigenvalue weighted by molar-refractivity contribution is 5.78. The first kappa shape index (κ1) is 13.5. The van der Waals surface area contributed by atoms with Crippen molar-refractivity contribution in [1.82, 2.24) is 4.57 Å². The van der Waals surface area contributed by atoms with Gasteiger partial charge in [0.15, 0.2) is 5.43 Å². The Kier molecular flexibility index (Phi) is 3.54. The molecule has 4 heteroatoms. The molecule has 0 aliphatic heterocycles. The van der Waals surface area contributed by atoms with Crippen molar-refractivity contribution in [3.8, 4) is 0 Å². The number of fused-ring (bicyclic) bond motifs is 1. The number of hydrogen-bond acceptors (Lipinski definition) is 2. The van der Waals surface area contributed by atoms with E-state index < -0.39 is 0 Å². The van der Waals surface area contributed by atoms with Gasteiger partial charge in [0, 0.05) is 36.3 Å². The third-order valence-electron chi connectivity index (χ3n) is 3.57. The standard InChI is InChI=1S/C17H15FN2O/c18-15-6-5-12(9-13(15)10-19)11-20-8-7-17(21)14-3-1-2-4-16(14)20/h1-9H,10-11,19H2. The van der Waals surface area contributed by atoms with Crippen LogP contribution in [0.4, 0.5) is 4.39 Å². The van der Waals surface area contributed by atoms with Crippen LogP contribution in [0.5, 0.6) is 0 Å². The lowest BCUT2D eigenvalue weighted by Crippen LogP contribution is -2.09. The first-order valence-electron chi connectivity index (χ1n) is 6.74. The number of rotatable bonds is 3. The maximum absolute atomic E-state index is 13.5. The Labute approximate surface area is 121 Å². The number of nitrogens with two attached hydrogens (primary N) is 1. The second kappa shape index (κ2) is 5.50. The summed E-state index contributed by atoms with van der Waals surface area (Å²) in [6.07, 6.45) is 1.76. The van der Waals surface area contributed by atoms with Crippen LogP contribution in [0.15, 0.2) is 59.5 Å². The highest BCUT2D eigenvalue weighted by Crippen LogP contribution is 2.15. The molecule has 1 heterocycles. The van der Waals surface area contributed by atoms with Gasteiger partial charge in [0.25, 0.3) is 0 Å². The van der Waals surface area contributed by atoms with E-state index in [1.165, 1.54) is 6.07 Å². The van der Waals surface area contributed by atoms with Crippen molar-refractivity contribution in [3.05, 3.63) is 81.9 Å². The van der Waals surface area contributed by atoms with E-state index in [1.807, 2.05) is 28.8 Å². The molecule has 0 amide bonds. The van der Waals surface area contributed by atoms with E-state index >= 15 is 0 Å². The molecule has 0 bridgehead atoms. The van der Waals surface area contributed by atoms with Crippen molar-refractivity contribution >= 4 is 10.9 Å². The summed E-state index contributed by atoms with van der Waals surface area (Å²) in [6.45, 7) is 0.735. The van der Waals surface area contributed by atoms with Gasteiger partial charge in [-0.3, -0.25) is 4.79 Å². The number of nitrogens with zero attached hydrogens (tertiary/aromatic N) is 1. The largest absolute Gasteiger partial charge is 0.343 e. The van der Waals surface area contributed by atoms with Crippen LogP contribution in [0.25, 0.3) is 10.9 Å². The minimum absolute atomic E-state index is 0.00334. The van der Waals surface area contributed by atoms with Crippen LogP contribution in [0.3, 0.4) is 0 Å². The summed E-state index contributed by atoms with van der Waals surface area (Å²) < 4.78 is 15.5. The second-order valence-corrected chi connectivity index (χ2v) is 4.95. The third kappa shape index (κ3) is 2.58. The maximum Gasteiger partial charge on any atom is 0.189 e. The molecule has 2 aromatic carbocycles. The van der Waals surface area contributed by atoms with Crippen molar-refractivity contribution in [3.63, 3.8) is 0 Å². The van der Waals surface area contributed by atoms with Gasteiger partial charge in [-0.15, -0.1) is 0 Å². The van der Waals surface area contributed by atoms with Crippen LogP contribution >= 0.6 is 0 Å². The average Bonchev–Trinajstić information content (AvgIpc) is 2.52. The zero-order valence-corrected chi connectivity index (χ0v) is 11.4. The Morgan fingerprint density at radius 1 is 1.10 bits per heavy atom. The fourth-order valence-corrected chi connectivity index (χ4v) is 2.48. The van der Waals surface area contributed by atoms with E-state index in [9.17, 15) is 9.18 Å². The Morgan fingerprint density at radius 3 is 2.71 bits per heavy atom. The summed E-state index contributed by atoms with van der Waals surface area (Å²) in [5, 5.41) is 0.682. The molecule has 0 saturated carbocycles. The normalized spacial score (nSPS) is 11.0. The van der Waals surface area contributed by atoms with Gasteiger partial charge in [-0.25, -0.2) is 4.39 Å². The lowest BCUT2D eigenvalue weighted by atomic mass is 10.1. The van der Waals surface area contributed by atoms with Gasteiger partial charge in [-0.05, 0) is 29.8 Å². The van der Waals surface area contributed by atoms with Gasteiger partial charge in [0.2, 0.25) is 0 Å². The summed E-state index contributed by atoms with van der Waals surface area (Å²) in [6, 6.07) is 13.9. The number of aromatic nitrogens is 1. The molecule has 1 aromatic heterocycles. The van der Waals surface area contributed by atoms with Crippen LogP contribution in [-0.2, 0) is 13.1 Å². The predicted octanol–water partition coefficient (Wildman–Crippen LogP) is 2.65. The molecule has 3 nitrogen and oxygen atoms in total. The Hall–Kier alpha value is -2.46. The van der Waals surface area contributed by atoms with Crippen LogP contribution in [0.1, 0.15) is 11.1 Å². The van der Waals surface area contributed by atoms with E-state index in [0.29, 0.717) is 17.5 Å². The van der Waals surface area contributed by atoms with E-state index in [2.05, 4.69) is 0 Å². The second-order valence-electron chi connectivity index (χ2n) is 4.95. The van der Waals surface area contributed by atoms with Gasteiger partial charge < -0.3 is 10.3 Å². The maximum atomic E-state index is 13.5. The zero-order valence-electron chi connectivity index (χ0n) is 11.4. The number of halogens is 1. The highest BCUT2D eigenvalue weighted by atomic mass is 19.1. The van der Waals surface area contributed by atoms with Crippen molar-refractivity contribution in [1.29, 1.82) is 0 Å². The minimum Gasteiger partial charge on any atom is -0.343 e. The van der Waals surface area contributed by atoms with Gasteiger partial charge >= 0.3 is 0 Å². The first-order valence-corrected chi connectivity index (χ1v) is 6.74. The van der Waals surface area contributed by atoms with Crippen molar-refractivity contribution in [2.45, 2.75) is 13.1 Å². The summed E-state index contributed by atoms with van der Waals surface area (Å²) in [5.74, 6) is -0.286. The Morgan fingerprint density at radius 2 is 1.90 bits per heavy atom. The molecule has 0 spiro atoms. The summed E-state index contributed by atoms with van der Waals surface area (Å²) >= 11 is 0. The molecule has 0 atom stereocenters. The van der Waals surface area contributed by atoms with E-state index in [4.69, 9.17) is 5.73 Å². The van der Waals surface area contributed by atoms with Gasteiger partial charge in [-0.1, -0.05) is 18.2 Å². The van der Waals surface area contributed by atoms with E-state index in [-0.39, 0.29) is 17.8 Å². The first-order chi connectivity index (χ1) is 10.2. The summed E-state index contributed by atoms with van der Waals surface area (Å²) in [4.78, 5) is 11.8. The summed E-state index contributed by atoms with van der Waals surface area (Å²) in [7, 11) is 0. The van der Waals surface area contributed by atoms with Gasteiger partial charge in [0.05, 0.1) is 5.52 Å². The van der Waals surface area contributed by atoms with Crippen LogP contribution in [-0.4, -0.2) is 4.57 Å². The summed E-state index contributed by atoms with van der Waals surface area (Å²) in [5.41, 5.74) is 7.85. The lowest BCUT2D eigenvalue weighted by Gasteiger charge is -2.11. The molecule has 0 fully saturated rings. The zero-order chi connectivity index (χ0) is 14.8. The molecule has 2 N–H and O–H groups in total. The molecule has 106 valence electrons. The molecule has 3 rings (SSSR count). The Balaban J connectivity index is 2.06. The quantitative estimate of drug-likeness (QED) is 0.803. The smallest absolute Gasteiger partial charge is 0.189 e. The molecule has 21 heavy (non-hydrogen) atoms. The van der Waals surface area contributed by atoms with Crippen molar-refractivity contribution in [2.24, 2.45) is 5.73 Å². The third-order valence-corrected chi connectivity index (χ3v) is 3.57. The number of benzene rings is 2. The molecule has 0 aliphatic rings. The average molecular weight is 282 g/mol. The number of para-hydroxylation sites is 1. The Bertz CT molecular complexity index is 855. The fourth-order valence-electron chi connectivity index (χ4n) is 2.48. The minimum atomic E-state index is -0.286. The number of hydrogen-bond donors (Lipinski definition) is 1. The molecule has 3 aromatic rings. The number of pyridine rings is 1. The van der Waals surface area contributed by atoms with Crippen molar-refractivity contribution in [2.75, 3.05) is 0 Å². The molecule has 0 radical (unpaired) electrons. The molecular formula is C17H15FN2O. The lowest BCUT2D eigenvalue weighted by molar-refractivity contribution is 0.609. The van der Waals surface area contributed by atoms with Crippen LogP contribution < -0.4 is 11.2 Å². The molecule has 0 saturated heterocycles. The van der Waals surface area contributed by atoms with E-state index in [0.717, 1.165) is 11.1 Å². The van der Waals surface area contributed by atoms with Crippen LogP contribution in [0.2, 0.25) is 0 Å². The fraction of sp³-hybridized carbons (Fsp3) is 0.118. The van der Waals surface area contributed by atoms with E-state index in [1.54, 1.807) is 24.4 Å². The monoisotopic (exact) mass is 282 g/mol. The predicted molar refractivity (Wildman–Crippen MR) is 81.6 cm³/mol. The van der Waals surface area contributed by atoms with Gasteiger partial charge in [-0.2, -0.15) is 0 Å². The highest BCUT2D eigenvalue weighted by Gasteiger charge is 2.05. The van der Waals surface area contributed by atoms with Crippen molar-refractivity contribution < 1.29 is 4.39 Å². The molecule has 0 aliphatic carbocycles. The topological polar surface area (TPSA) is 48.0 Å². The van der Waals surface area contributed by atoms with Crippen LogP contribution in [0, 0.1) is 5.82 Å². The van der Waals surface area contributed by atoms with Gasteiger partial charge in [0.1, 0.15) is 5.82 Å². The molecular weight excluding hydrogens is 267 g/mol. The molecule has 0 unspecified atom stereocenters.